The maximum atomic E-state index is 13.1. The molecule has 1 saturated heterocycles. The van der Waals surface area contributed by atoms with Crippen LogP contribution in [0.3, 0.4) is 0 Å². The van der Waals surface area contributed by atoms with Crippen LogP contribution in [0.1, 0.15) is 32.3 Å². The van der Waals surface area contributed by atoms with Crippen molar-refractivity contribution in [3.8, 4) is 0 Å². The zero-order chi connectivity index (χ0) is 14.9. The highest BCUT2D eigenvalue weighted by atomic mass is 35.5. The van der Waals surface area contributed by atoms with Crippen LogP contribution in [0.5, 0.6) is 0 Å². The van der Waals surface area contributed by atoms with Crippen LogP contribution in [0.25, 0.3) is 0 Å². The minimum atomic E-state index is -0.755. The number of halogens is 2. The molecule has 1 aliphatic heterocycles. The Labute approximate surface area is 121 Å². The smallest absolute Gasteiger partial charge is 0.243 e. The highest BCUT2D eigenvalue weighted by Crippen LogP contribution is 2.28. The highest BCUT2D eigenvalue weighted by molar-refractivity contribution is 6.31. The number of nitrogens with one attached hydrogen (secondary N) is 2. The Kier molecular flexibility index (Phi) is 3.99. The molecule has 1 aromatic carbocycles. The minimum Gasteiger partial charge on any atom is -0.345 e. The summed E-state index contributed by atoms with van der Waals surface area (Å²) in [6.45, 7) is 3.56. The molecule has 0 spiro atoms. The fourth-order valence-corrected chi connectivity index (χ4v) is 2.67. The number of hydrogen-bond acceptors (Lipinski definition) is 2. The van der Waals surface area contributed by atoms with Gasteiger partial charge in [-0.15, -0.1) is 0 Å². The third kappa shape index (κ3) is 3.10. The van der Waals surface area contributed by atoms with E-state index < -0.39 is 17.4 Å². The van der Waals surface area contributed by atoms with E-state index in [1.807, 2.05) is 0 Å². The Bertz CT molecular complexity index is 560. The van der Waals surface area contributed by atoms with E-state index in [0.29, 0.717) is 18.4 Å². The van der Waals surface area contributed by atoms with Gasteiger partial charge in [0.15, 0.2) is 0 Å². The van der Waals surface area contributed by atoms with E-state index >= 15 is 0 Å². The number of benzene rings is 1. The molecule has 2 N–H and O–H groups in total. The molecule has 0 aromatic heterocycles. The summed E-state index contributed by atoms with van der Waals surface area (Å²) in [4.78, 5) is 23.2. The van der Waals surface area contributed by atoms with Gasteiger partial charge in [-0.3, -0.25) is 9.59 Å². The number of hydrogen-bond donors (Lipinski definition) is 2. The Morgan fingerprint density at radius 2 is 2.20 bits per heavy atom. The van der Waals surface area contributed by atoms with Crippen LogP contribution in [0.4, 0.5) is 4.39 Å². The summed E-state index contributed by atoms with van der Waals surface area (Å²) >= 11 is 6.02. The molecular formula is C14H16ClFN2O2. The third-order valence-electron chi connectivity index (χ3n) is 3.35. The van der Waals surface area contributed by atoms with Gasteiger partial charge in [0.1, 0.15) is 11.9 Å². The normalized spacial score (nSPS) is 18.8. The molecular weight excluding hydrogens is 283 g/mol. The fourth-order valence-electron chi connectivity index (χ4n) is 2.27. The van der Waals surface area contributed by atoms with E-state index in [9.17, 15) is 14.0 Å². The van der Waals surface area contributed by atoms with Gasteiger partial charge in [0, 0.05) is 11.4 Å². The first-order valence-corrected chi connectivity index (χ1v) is 6.74. The predicted molar refractivity (Wildman–Crippen MR) is 73.7 cm³/mol. The standard InChI is InChI=1S/C14H16ClFN2O2/c1-14(2,9-4-3-8(16)7-10(9)15)18-13(20)11-5-6-12(19)17-11/h3-4,7,11H,5-6H2,1-2H3,(H,17,19)(H,18,20). The molecule has 20 heavy (non-hydrogen) atoms. The average Bonchev–Trinajstić information content (AvgIpc) is 2.74. The molecule has 0 aliphatic carbocycles. The summed E-state index contributed by atoms with van der Waals surface area (Å²) in [5.74, 6) is -0.812. The number of rotatable bonds is 3. The molecule has 1 fully saturated rings. The lowest BCUT2D eigenvalue weighted by molar-refractivity contribution is -0.127. The van der Waals surface area contributed by atoms with Gasteiger partial charge < -0.3 is 10.6 Å². The van der Waals surface area contributed by atoms with Gasteiger partial charge in [0.2, 0.25) is 11.8 Å². The van der Waals surface area contributed by atoms with Crippen LogP contribution < -0.4 is 10.6 Å². The molecule has 6 heteroatoms. The third-order valence-corrected chi connectivity index (χ3v) is 3.66. The molecule has 2 amide bonds. The summed E-state index contributed by atoms with van der Waals surface area (Å²) in [6.07, 6.45) is 0.841. The van der Waals surface area contributed by atoms with Crippen LogP contribution in [-0.2, 0) is 15.1 Å². The van der Waals surface area contributed by atoms with E-state index in [2.05, 4.69) is 10.6 Å². The number of carbonyl (C=O) groups is 2. The van der Waals surface area contributed by atoms with E-state index in [0.717, 1.165) is 0 Å². The van der Waals surface area contributed by atoms with E-state index in [-0.39, 0.29) is 16.8 Å². The molecule has 1 aliphatic rings. The van der Waals surface area contributed by atoms with Crippen molar-refractivity contribution in [2.75, 3.05) is 0 Å². The van der Waals surface area contributed by atoms with Crippen LogP contribution >= 0.6 is 11.6 Å². The molecule has 2 rings (SSSR count). The average molecular weight is 299 g/mol. The van der Waals surface area contributed by atoms with E-state index in [4.69, 9.17) is 11.6 Å². The molecule has 4 nitrogen and oxygen atoms in total. The first-order valence-electron chi connectivity index (χ1n) is 6.36. The molecule has 108 valence electrons. The van der Waals surface area contributed by atoms with Crippen LogP contribution in [-0.4, -0.2) is 17.9 Å². The van der Waals surface area contributed by atoms with Crippen molar-refractivity contribution in [3.63, 3.8) is 0 Å². The second kappa shape index (κ2) is 5.40. The minimum absolute atomic E-state index is 0.122. The zero-order valence-electron chi connectivity index (χ0n) is 11.3. The quantitative estimate of drug-likeness (QED) is 0.898. The van der Waals surface area contributed by atoms with E-state index in [1.54, 1.807) is 19.9 Å². The van der Waals surface area contributed by atoms with E-state index in [1.165, 1.54) is 12.1 Å². The first-order chi connectivity index (χ1) is 9.29. The summed E-state index contributed by atoms with van der Waals surface area (Å²) in [7, 11) is 0. The lowest BCUT2D eigenvalue weighted by atomic mass is 9.93. The van der Waals surface area contributed by atoms with Crippen molar-refractivity contribution in [2.24, 2.45) is 0 Å². The summed E-state index contributed by atoms with van der Waals surface area (Å²) in [5, 5.41) is 5.70. The SMILES string of the molecule is CC(C)(NC(=O)C1CCC(=O)N1)c1ccc(F)cc1Cl. The van der Waals surface area contributed by atoms with Crippen LogP contribution in [0, 0.1) is 5.82 Å². The second-order valence-electron chi connectivity index (χ2n) is 5.40. The lowest BCUT2D eigenvalue weighted by Gasteiger charge is -2.29. The highest BCUT2D eigenvalue weighted by Gasteiger charge is 2.32. The van der Waals surface area contributed by atoms with Crippen molar-refractivity contribution in [1.29, 1.82) is 0 Å². The maximum absolute atomic E-state index is 13.1. The molecule has 1 heterocycles. The molecule has 1 unspecified atom stereocenters. The van der Waals surface area contributed by atoms with Crippen LogP contribution in [0.15, 0.2) is 18.2 Å². The van der Waals surface area contributed by atoms with Gasteiger partial charge in [0.25, 0.3) is 0 Å². The van der Waals surface area contributed by atoms with Crippen molar-refractivity contribution in [1.82, 2.24) is 10.6 Å². The monoisotopic (exact) mass is 298 g/mol. The van der Waals surface area contributed by atoms with Gasteiger partial charge in [-0.2, -0.15) is 0 Å². The van der Waals surface area contributed by atoms with Gasteiger partial charge >= 0.3 is 0 Å². The van der Waals surface area contributed by atoms with Gasteiger partial charge in [-0.25, -0.2) is 4.39 Å². The molecule has 0 bridgehead atoms. The van der Waals surface area contributed by atoms with Gasteiger partial charge in [-0.05, 0) is 38.0 Å². The van der Waals surface area contributed by atoms with Crippen molar-refractivity contribution < 1.29 is 14.0 Å². The summed E-state index contributed by atoms with van der Waals surface area (Å²) < 4.78 is 13.1. The second-order valence-corrected chi connectivity index (χ2v) is 5.80. The maximum Gasteiger partial charge on any atom is 0.243 e. The number of amides is 2. The summed E-state index contributed by atoms with van der Waals surface area (Å²) in [5.41, 5.74) is -0.131. The van der Waals surface area contributed by atoms with Crippen LogP contribution in [0.2, 0.25) is 5.02 Å². The first kappa shape index (κ1) is 14.8. The zero-order valence-corrected chi connectivity index (χ0v) is 12.1. The topological polar surface area (TPSA) is 58.2 Å². The molecule has 1 aromatic rings. The Morgan fingerprint density at radius 3 is 2.75 bits per heavy atom. The largest absolute Gasteiger partial charge is 0.345 e. The Morgan fingerprint density at radius 1 is 1.50 bits per heavy atom. The fraction of sp³-hybridized carbons (Fsp3) is 0.429. The predicted octanol–water partition coefficient (Wildman–Crippen LogP) is 2.11. The van der Waals surface area contributed by atoms with Crippen molar-refractivity contribution >= 4 is 23.4 Å². The number of carbonyl (C=O) groups excluding carboxylic acids is 2. The molecule has 0 saturated carbocycles. The lowest BCUT2D eigenvalue weighted by Crippen LogP contribution is -2.49. The van der Waals surface area contributed by atoms with Gasteiger partial charge in [-0.1, -0.05) is 17.7 Å². The van der Waals surface area contributed by atoms with Crippen molar-refractivity contribution in [3.05, 3.63) is 34.6 Å². The molecule has 1 atom stereocenters. The Hall–Kier alpha value is -1.62. The summed E-state index contributed by atoms with van der Waals surface area (Å²) in [6, 6.07) is 3.54. The molecule has 0 radical (unpaired) electrons. The van der Waals surface area contributed by atoms with Gasteiger partial charge in [0.05, 0.1) is 5.54 Å². The Balaban J connectivity index is 2.14. The van der Waals surface area contributed by atoms with Crippen molar-refractivity contribution in [2.45, 2.75) is 38.3 Å².